The SMILES string of the molecule is Cc1ccc(NCCC(C)CCC(=O)O)nc1. The van der Waals surface area contributed by atoms with E-state index in [-0.39, 0.29) is 6.42 Å². The lowest BCUT2D eigenvalue weighted by atomic mass is 10.0. The highest BCUT2D eigenvalue weighted by Gasteiger charge is 2.05. The molecular formula is C13H20N2O2. The van der Waals surface area contributed by atoms with Gasteiger partial charge in [0.2, 0.25) is 0 Å². The van der Waals surface area contributed by atoms with Crippen LogP contribution in [0.25, 0.3) is 0 Å². The molecule has 4 nitrogen and oxygen atoms in total. The first-order chi connectivity index (χ1) is 8.08. The first kappa shape index (κ1) is 13.5. The van der Waals surface area contributed by atoms with Crippen molar-refractivity contribution >= 4 is 11.8 Å². The molecule has 2 N–H and O–H groups in total. The number of hydrogen-bond donors (Lipinski definition) is 2. The summed E-state index contributed by atoms with van der Waals surface area (Å²) < 4.78 is 0. The third-order valence-electron chi connectivity index (χ3n) is 2.71. The van der Waals surface area contributed by atoms with Gasteiger partial charge in [-0.2, -0.15) is 0 Å². The van der Waals surface area contributed by atoms with Crippen molar-refractivity contribution in [1.82, 2.24) is 4.98 Å². The summed E-state index contributed by atoms with van der Waals surface area (Å²) in [6.45, 7) is 4.91. The van der Waals surface area contributed by atoms with Crippen LogP contribution in [0.15, 0.2) is 18.3 Å². The molecule has 4 heteroatoms. The van der Waals surface area contributed by atoms with Gasteiger partial charge in [0.25, 0.3) is 0 Å². The van der Waals surface area contributed by atoms with Crippen LogP contribution in [0.2, 0.25) is 0 Å². The molecule has 1 aromatic rings. The van der Waals surface area contributed by atoms with E-state index in [9.17, 15) is 4.79 Å². The van der Waals surface area contributed by atoms with Gasteiger partial charge in [0.05, 0.1) is 0 Å². The van der Waals surface area contributed by atoms with Crippen molar-refractivity contribution in [1.29, 1.82) is 0 Å². The topological polar surface area (TPSA) is 62.2 Å². The van der Waals surface area contributed by atoms with E-state index in [0.717, 1.165) is 30.8 Å². The molecule has 0 aromatic carbocycles. The van der Waals surface area contributed by atoms with Crippen molar-refractivity contribution in [2.75, 3.05) is 11.9 Å². The van der Waals surface area contributed by atoms with Crippen LogP contribution in [0.3, 0.4) is 0 Å². The monoisotopic (exact) mass is 236 g/mol. The molecule has 0 saturated heterocycles. The summed E-state index contributed by atoms with van der Waals surface area (Å²) in [4.78, 5) is 14.6. The van der Waals surface area contributed by atoms with E-state index in [1.165, 1.54) is 0 Å². The molecule has 1 unspecified atom stereocenters. The van der Waals surface area contributed by atoms with E-state index >= 15 is 0 Å². The Morgan fingerprint density at radius 1 is 1.47 bits per heavy atom. The zero-order valence-corrected chi connectivity index (χ0v) is 10.4. The molecule has 0 spiro atoms. The minimum absolute atomic E-state index is 0.254. The number of aliphatic carboxylic acids is 1. The number of anilines is 1. The smallest absolute Gasteiger partial charge is 0.303 e. The fourth-order valence-corrected chi connectivity index (χ4v) is 1.53. The van der Waals surface area contributed by atoms with Crippen LogP contribution in [0.5, 0.6) is 0 Å². The normalized spacial score (nSPS) is 12.1. The molecule has 0 aliphatic rings. The average molecular weight is 236 g/mol. The molecule has 0 bridgehead atoms. The number of carbonyl (C=O) groups is 1. The van der Waals surface area contributed by atoms with Crippen LogP contribution in [0.1, 0.15) is 31.7 Å². The number of nitrogens with one attached hydrogen (secondary N) is 1. The zero-order chi connectivity index (χ0) is 12.7. The van der Waals surface area contributed by atoms with Crippen LogP contribution in [0, 0.1) is 12.8 Å². The molecule has 0 amide bonds. The number of pyridine rings is 1. The summed E-state index contributed by atoms with van der Waals surface area (Å²) in [7, 11) is 0. The van der Waals surface area contributed by atoms with Crippen LogP contribution in [-0.2, 0) is 4.79 Å². The van der Waals surface area contributed by atoms with E-state index in [4.69, 9.17) is 5.11 Å². The van der Waals surface area contributed by atoms with Crippen molar-refractivity contribution in [2.24, 2.45) is 5.92 Å². The number of rotatable bonds is 7. The Morgan fingerprint density at radius 3 is 2.82 bits per heavy atom. The van der Waals surface area contributed by atoms with Crippen LogP contribution < -0.4 is 5.32 Å². The van der Waals surface area contributed by atoms with Crippen LogP contribution in [-0.4, -0.2) is 22.6 Å². The van der Waals surface area contributed by atoms with E-state index in [1.807, 2.05) is 25.3 Å². The first-order valence-corrected chi connectivity index (χ1v) is 5.96. The van der Waals surface area contributed by atoms with Gasteiger partial charge in [-0.3, -0.25) is 4.79 Å². The van der Waals surface area contributed by atoms with Crippen molar-refractivity contribution in [3.05, 3.63) is 23.9 Å². The minimum atomic E-state index is -0.718. The Bertz CT molecular complexity index is 349. The summed E-state index contributed by atoms with van der Waals surface area (Å²) in [5, 5.41) is 11.8. The lowest BCUT2D eigenvalue weighted by Crippen LogP contribution is -2.09. The van der Waals surface area contributed by atoms with Gasteiger partial charge in [-0.1, -0.05) is 13.0 Å². The summed E-state index contributed by atoms with van der Waals surface area (Å²) >= 11 is 0. The van der Waals surface area contributed by atoms with E-state index < -0.39 is 5.97 Å². The third kappa shape index (κ3) is 5.90. The fourth-order valence-electron chi connectivity index (χ4n) is 1.53. The van der Waals surface area contributed by atoms with Crippen molar-refractivity contribution < 1.29 is 9.90 Å². The second-order valence-electron chi connectivity index (χ2n) is 4.47. The summed E-state index contributed by atoms with van der Waals surface area (Å²) in [5.41, 5.74) is 1.14. The number of hydrogen-bond acceptors (Lipinski definition) is 3. The Hall–Kier alpha value is -1.58. The van der Waals surface area contributed by atoms with Gasteiger partial charge in [-0.05, 0) is 37.3 Å². The van der Waals surface area contributed by atoms with Gasteiger partial charge in [0.1, 0.15) is 5.82 Å². The van der Waals surface area contributed by atoms with Gasteiger partial charge in [-0.25, -0.2) is 4.98 Å². The maximum atomic E-state index is 10.4. The predicted molar refractivity (Wildman–Crippen MR) is 68.1 cm³/mol. The van der Waals surface area contributed by atoms with Gasteiger partial charge < -0.3 is 10.4 Å². The van der Waals surface area contributed by atoms with Crippen LogP contribution >= 0.6 is 0 Å². The van der Waals surface area contributed by atoms with Crippen LogP contribution in [0.4, 0.5) is 5.82 Å². The molecule has 94 valence electrons. The van der Waals surface area contributed by atoms with Gasteiger partial charge in [0, 0.05) is 19.2 Å². The summed E-state index contributed by atoms with van der Waals surface area (Å²) in [5.74, 6) is 0.579. The quantitative estimate of drug-likeness (QED) is 0.764. The molecule has 0 saturated carbocycles. The molecule has 1 rings (SSSR count). The second kappa shape index (κ2) is 6.89. The van der Waals surface area contributed by atoms with Crippen molar-refractivity contribution in [3.63, 3.8) is 0 Å². The molecule has 1 aromatic heterocycles. The summed E-state index contributed by atoms with van der Waals surface area (Å²) in [6.07, 6.45) is 3.78. The van der Waals surface area contributed by atoms with E-state index in [1.54, 1.807) is 0 Å². The standard InChI is InChI=1S/C13H20N2O2/c1-10(4-6-13(16)17)7-8-14-12-5-3-11(2)9-15-12/h3,5,9-10H,4,6-8H2,1-2H3,(H,14,15)(H,16,17). The third-order valence-corrected chi connectivity index (χ3v) is 2.71. The number of nitrogens with zero attached hydrogens (tertiary/aromatic N) is 1. The molecule has 1 atom stereocenters. The lowest BCUT2D eigenvalue weighted by Gasteiger charge is -2.11. The Morgan fingerprint density at radius 2 is 2.24 bits per heavy atom. The van der Waals surface area contributed by atoms with Gasteiger partial charge in [-0.15, -0.1) is 0 Å². The molecule has 0 radical (unpaired) electrons. The highest BCUT2D eigenvalue weighted by Crippen LogP contribution is 2.11. The Labute approximate surface area is 102 Å². The lowest BCUT2D eigenvalue weighted by molar-refractivity contribution is -0.137. The highest BCUT2D eigenvalue weighted by atomic mass is 16.4. The molecule has 0 fully saturated rings. The largest absolute Gasteiger partial charge is 0.481 e. The summed E-state index contributed by atoms with van der Waals surface area (Å²) in [6, 6.07) is 3.97. The van der Waals surface area contributed by atoms with E-state index in [0.29, 0.717) is 5.92 Å². The number of carboxylic acid groups (broad SMARTS) is 1. The van der Waals surface area contributed by atoms with Gasteiger partial charge >= 0.3 is 5.97 Å². The number of aromatic nitrogens is 1. The average Bonchev–Trinajstić information content (AvgIpc) is 2.29. The molecule has 0 aliphatic carbocycles. The first-order valence-electron chi connectivity index (χ1n) is 5.96. The molecule has 1 heterocycles. The Kier molecular flexibility index (Phi) is 5.46. The molecular weight excluding hydrogens is 216 g/mol. The highest BCUT2D eigenvalue weighted by molar-refractivity contribution is 5.66. The van der Waals surface area contributed by atoms with Gasteiger partial charge in [0.15, 0.2) is 0 Å². The van der Waals surface area contributed by atoms with Crippen molar-refractivity contribution in [3.8, 4) is 0 Å². The van der Waals surface area contributed by atoms with Crippen molar-refractivity contribution in [2.45, 2.75) is 33.1 Å². The Balaban J connectivity index is 2.18. The second-order valence-corrected chi connectivity index (χ2v) is 4.47. The number of aryl methyl sites for hydroxylation is 1. The van der Waals surface area contributed by atoms with E-state index in [2.05, 4.69) is 17.2 Å². The predicted octanol–water partition coefficient (Wildman–Crippen LogP) is 2.69. The zero-order valence-electron chi connectivity index (χ0n) is 10.4. The number of carboxylic acids is 1. The molecule has 0 aliphatic heterocycles. The minimum Gasteiger partial charge on any atom is -0.481 e. The maximum Gasteiger partial charge on any atom is 0.303 e. The molecule has 17 heavy (non-hydrogen) atoms. The fraction of sp³-hybridized carbons (Fsp3) is 0.538. The maximum absolute atomic E-state index is 10.4.